The van der Waals surface area contributed by atoms with E-state index < -0.39 is 11.0 Å². The van der Waals surface area contributed by atoms with E-state index in [2.05, 4.69) is 79.6 Å². The normalized spacial score (nSPS) is 22.9. The largest absolute Gasteiger partial charge is 0.368 e. The summed E-state index contributed by atoms with van der Waals surface area (Å²) in [5.74, 6) is 0.793. The lowest BCUT2D eigenvalue weighted by molar-refractivity contribution is 0.0264. The van der Waals surface area contributed by atoms with E-state index in [1.807, 2.05) is 19.5 Å². The fourth-order valence-electron chi connectivity index (χ4n) is 7.67. The maximum Gasteiger partial charge on any atom is 0.225 e. The number of fused-ring (bicyclic) bond motifs is 10. The molecule has 0 bridgehead atoms. The third-order valence-electron chi connectivity index (χ3n) is 9.77. The molecule has 2 atom stereocenters. The van der Waals surface area contributed by atoms with Gasteiger partial charge in [-0.2, -0.15) is 5.10 Å². The molecule has 0 fully saturated rings. The number of hydrogen-bond acceptors (Lipinski definition) is 5. The van der Waals surface area contributed by atoms with Crippen LogP contribution in [0.5, 0.6) is 0 Å². The highest BCUT2D eigenvalue weighted by atomic mass is 16.5. The number of nitrogens with zero attached hydrogens (tertiary/aromatic N) is 5. The molecule has 3 aromatic heterocycles. The summed E-state index contributed by atoms with van der Waals surface area (Å²) >= 11 is 0. The zero-order valence-electron chi connectivity index (χ0n) is 24.4. The molecule has 1 aliphatic carbocycles. The van der Waals surface area contributed by atoms with Gasteiger partial charge >= 0.3 is 0 Å². The van der Waals surface area contributed by atoms with E-state index in [0.29, 0.717) is 0 Å². The molecule has 2 aliphatic heterocycles. The Morgan fingerprint density at radius 2 is 1.82 bits per heavy atom. The number of para-hydroxylation sites is 1. The molecule has 206 valence electrons. The molecule has 0 saturated carbocycles. The van der Waals surface area contributed by atoms with Crippen LogP contribution in [0.2, 0.25) is 0 Å². The third-order valence-corrected chi connectivity index (χ3v) is 9.77. The molecule has 7 heteroatoms. The number of anilines is 1. The molecule has 40 heavy (non-hydrogen) atoms. The summed E-state index contributed by atoms with van der Waals surface area (Å²) in [4.78, 5) is 15.4. The average molecular weight is 535 g/mol. The summed E-state index contributed by atoms with van der Waals surface area (Å²) in [5.41, 5.74) is 12.9. The number of aromatic nitrogens is 5. The first-order valence-electron chi connectivity index (χ1n) is 14.7. The summed E-state index contributed by atoms with van der Waals surface area (Å²) in [5, 5.41) is 5.38. The topological polar surface area (TPSA) is 71.9 Å². The van der Waals surface area contributed by atoms with Gasteiger partial charge in [0.25, 0.3) is 0 Å². The molecule has 0 amide bonds. The van der Waals surface area contributed by atoms with E-state index in [4.69, 9.17) is 19.8 Å². The maximum atomic E-state index is 6.37. The fourth-order valence-corrected chi connectivity index (χ4v) is 7.67. The van der Waals surface area contributed by atoms with E-state index >= 15 is 0 Å². The highest BCUT2D eigenvalue weighted by Crippen LogP contribution is 2.60. The van der Waals surface area contributed by atoms with Crippen LogP contribution < -0.4 is 4.90 Å². The van der Waals surface area contributed by atoms with Gasteiger partial charge in [-0.1, -0.05) is 39.0 Å². The van der Waals surface area contributed by atoms with Gasteiger partial charge in [0.2, 0.25) is 5.95 Å². The first kappa shape index (κ1) is 25.3. The number of ether oxygens (including phenoxy) is 1. The number of methoxy groups -OCH3 is 1. The quantitative estimate of drug-likeness (QED) is 0.338. The predicted octanol–water partition coefficient (Wildman–Crippen LogP) is 6.04. The summed E-state index contributed by atoms with van der Waals surface area (Å²) in [6, 6.07) is 9.02. The Balaban J connectivity index is 1.53. The zero-order valence-corrected chi connectivity index (χ0v) is 24.4. The molecule has 7 nitrogen and oxygen atoms in total. The van der Waals surface area contributed by atoms with E-state index in [0.717, 1.165) is 56.0 Å². The van der Waals surface area contributed by atoms with Crippen molar-refractivity contribution in [3.05, 3.63) is 93.3 Å². The first-order valence-corrected chi connectivity index (χ1v) is 14.7. The Kier molecular flexibility index (Phi) is 5.62. The van der Waals surface area contributed by atoms with Gasteiger partial charge in [-0.15, -0.1) is 0 Å². The number of nitrogens with one attached hydrogen (secondary N) is 1. The minimum atomic E-state index is -0.537. The monoisotopic (exact) mass is 534 g/mol. The van der Waals surface area contributed by atoms with Gasteiger partial charge in [-0.3, -0.25) is 0 Å². The minimum absolute atomic E-state index is 0.394. The Bertz CT molecular complexity index is 1660. The zero-order chi connectivity index (χ0) is 27.8. The minimum Gasteiger partial charge on any atom is -0.368 e. The van der Waals surface area contributed by atoms with Crippen molar-refractivity contribution in [1.29, 1.82) is 0 Å². The Hall–Kier alpha value is -3.71. The molecule has 1 N–H and O–H groups in total. The smallest absolute Gasteiger partial charge is 0.225 e. The number of benzene rings is 1. The van der Waals surface area contributed by atoms with Crippen LogP contribution in [-0.2, 0) is 41.6 Å². The lowest BCUT2D eigenvalue weighted by atomic mass is 9.59. The van der Waals surface area contributed by atoms with Crippen molar-refractivity contribution < 1.29 is 4.74 Å². The molecule has 5 heterocycles. The van der Waals surface area contributed by atoms with Crippen molar-refractivity contribution in [2.24, 2.45) is 0 Å². The molecular formula is C33H38N6O. The Morgan fingerprint density at radius 1 is 1.02 bits per heavy atom. The second kappa shape index (κ2) is 8.90. The maximum absolute atomic E-state index is 6.37. The second-order valence-electron chi connectivity index (χ2n) is 11.6. The predicted molar refractivity (Wildman–Crippen MR) is 158 cm³/mol. The number of rotatable bonds is 5. The van der Waals surface area contributed by atoms with Gasteiger partial charge in [-0.05, 0) is 67.0 Å². The fraction of sp³-hybridized carbons (Fsp3) is 0.424. The van der Waals surface area contributed by atoms with Gasteiger partial charge < -0.3 is 14.6 Å². The standard InChI is InChI=1S/C33H38N6O/c1-7-20-17-35-31(36-18-20)38-16-14-26-23(19-38)30-32(4)25-13-15-34-29(25)33(5,40-6)24(9-3)27(32)22-12-10-11-21(8-2)28(22)39(30)37-26/h10-13,15,17-18,34H,7-9,14,16,19H2,1-6H3. The van der Waals surface area contributed by atoms with Gasteiger partial charge in [0.05, 0.1) is 28.2 Å². The number of aryl methyl sites for hydroxylation is 2. The molecular weight excluding hydrogens is 496 g/mol. The van der Waals surface area contributed by atoms with Gasteiger partial charge in [0.1, 0.15) is 5.60 Å². The van der Waals surface area contributed by atoms with Crippen LogP contribution in [0.1, 0.15) is 85.9 Å². The van der Waals surface area contributed by atoms with E-state index in [1.165, 1.54) is 50.5 Å². The summed E-state index contributed by atoms with van der Waals surface area (Å²) in [6.07, 6.45) is 9.64. The van der Waals surface area contributed by atoms with Crippen molar-refractivity contribution >= 4 is 11.5 Å². The third kappa shape index (κ3) is 3.12. The van der Waals surface area contributed by atoms with Crippen LogP contribution in [0, 0.1) is 0 Å². The van der Waals surface area contributed by atoms with Crippen LogP contribution >= 0.6 is 0 Å². The van der Waals surface area contributed by atoms with Gasteiger partial charge in [0.15, 0.2) is 0 Å². The van der Waals surface area contributed by atoms with Crippen molar-refractivity contribution in [2.45, 2.75) is 77.9 Å². The summed E-state index contributed by atoms with van der Waals surface area (Å²) < 4.78 is 8.67. The molecule has 7 rings (SSSR count). The highest BCUT2D eigenvalue weighted by molar-refractivity contribution is 5.91. The highest BCUT2D eigenvalue weighted by Gasteiger charge is 2.55. The number of allylic oxidation sites excluding steroid dienone is 1. The molecule has 0 saturated heterocycles. The number of H-pyrrole nitrogens is 1. The molecule has 1 aromatic carbocycles. The summed E-state index contributed by atoms with van der Waals surface area (Å²) in [7, 11) is 1.84. The van der Waals surface area contributed by atoms with Crippen LogP contribution in [-0.4, -0.2) is 38.4 Å². The van der Waals surface area contributed by atoms with Crippen LogP contribution in [0.3, 0.4) is 0 Å². The van der Waals surface area contributed by atoms with Crippen LogP contribution in [0.4, 0.5) is 5.95 Å². The Morgan fingerprint density at radius 3 is 2.52 bits per heavy atom. The van der Waals surface area contributed by atoms with Crippen molar-refractivity contribution in [3.63, 3.8) is 0 Å². The molecule has 4 aromatic rings. The number of hydrogen-bond donors (Lipinski definition) is 1. The molecule has 0 spiro atoms. The SMILES string of the molecule is CCC1=C2c3cccc(CC)c3-n3nc4c(c3C2(C)c2cc[nH]c2C1(C)OC)CN(c1ncc(CC)cn1)CC4. The number of aromatic amines is 1. The van der Waals surface area contributed by atoms with E-state index in [9.17, 15) is 0 Å². The second-order valence-corrected chi connectivity index (χ2v) is 11.6. The van der Waals surface area contributed by atoms with Gasteiger partial charge in [0, 0.05) is 56.3 Å². The summed E-state index contributed by atoms with van der Waals surface area (Å²) in [6.45, 7) is 12.9. The molecule has 3 aliphatic rings. The van der Waals surface area contributed by atoms with Crippen molar-refractivity contribution in [3.8, 4) is 5.69 Å². The van der Waals surface area contributed by atoms with Gasteiger partial charge in [-0.25, -0.2) is 14.6 Å². The Labute approximate surface area is 236 Å². The van der Waals surface area contributed by atoms with E-state index in [-0.39, 0.29) is 0 Å². The van der Waals surface area contributed by atoms with Crippen molar-refractivity contribution in [1.82, 2.24) is 24.7 Å². The molecule has 0 radical (unpaired) electrons. The van der Waals surface area contributed by atoms with Crippen molar-refractivity contribution in [2.75, 3.05) is 18.6 Å². The lowest BCUT2D eigenvalue weighted by Gasteiger charge is -2.49. The first-order chi connectivity index (χ1) is 19.4. The van der Waals surface area contributed by atoms with E-state index in [1.54, 1.807) is 0 Å². The lowest BCUT2D eigenvalue weighted by Crippen LogP contribution is -2.45. The average Bonchev–Trinajstić information content (AvgIpc) is 3.65. The van der Waals surface area contributed by atoms with Crippen LogP contribution in [0.15, 0.2) is 48.4 Å². The van der Waals surface area contributed by atoms with Crippen LogP contribution in [0.25, 0.3) is 11.3 Å². The molecule has 2 unspecified atom stereocenters.